The summed E-state index contributed by atoms with van der Waals surface area (Å²) in [6.07, 6.45) is 2.22. The Morgan fingerprint density at radius 3 is 2.53 bits per heavy atom. The minimum atomic E-state index is -0.375. The second kappa shape index (κ2) is 7.07. The van der Waals surface area contributed by atoms with Gasteiger partial charge in [-0.15, -0.1) is 0 Å². The van der Waals surface area contributed by atoms with Crippen molar-refractivity contribution < 1.29 is 9.53 Å². The number of nitrogens with zero attached hydrogens (tertiary/aromatic N) is 2. The van der Waals surface area contributed by atoms with Crippen LogP contribution < -0.4 is 5.32 Å². The van der Waals surface area contributed by atoms with Crippen LogP contribution in [0.25, 0.3) is 0 Å². The van der Waals surface area contributed by atoms with Crippen molar-refractivity contribution in [2.45, 2.75) is 46.1 Å². The molecule has 1 heterocycles. The molecule has 0 aliphatic carbocycles. The number of ether oxygens (including phenoxy) is 1. The van der Waals surface area contributed by atoms with Gasteiger partial charge in [0, 0.05) is 11.8 Å². The number of anilines is 1. The third-order valence-corrected chi connectivity index (χ3v) is 2.79. The van der Waals surface area contributed by atoms with Gasteiger partial charge in [0.05, 0.1) is 7.11 Å². The lowest BCUT2D eigenvalue weighted by molar-refractivity contribution is -0.141. The van der Waals surface area contributed by atoms with Crippen molar-refractivity contribution >= 4 is 11.8 Å². The van der Waals surface area contributed by atoms with Gasteiger partial charge in [-0.1, -0.05) is 27.7 Å². The third kappa shape index (κ3) is 4.85. The first-order chi connectivity index (χ1) is 8.93. The molecular weight excluding hydrogens is 242 g/mol. The molecule has 0 aromatic carbocycles. The number of rotatable bonds is 6. The number of hydrogen-bond donors (Lipinski definition) is 1. The van der Waals surface area contributed by atoms with E-state index in [0.29, 0.717) is 24.1 Å². The molecular formula is C14H23N3O2. The fourth-order valence-corrected chi connectivity index (χ4v) is 1.77. The van der Waals surface area contributed by atoms with Crippen LogP contribution in [0.15, 0.2) is 12.4 Å². The molecule has 0 radical (unpaired) electrons. The number of nitrogens with one attached hydrogen (secondary N) is 1. The highest BCUT2D eigenvalue weighted by atomic mass is 16.5. The Bertz CT molecular complexity index is 419. The smallest absolute Gasteiger partial charge is 0.328 e. The average molecular weight is 265 g/mol. The van der Waals surface area contributed by atoms with Crippen molar-refractivity contribution in [1.82, 2.24) is 9.97 Å². The highest BCUT2D eigenvalue weighted by Gasteiger charge is 2.21. The molecule has 0 amide bonds. The standard InChI is InChI=1S/C14H23N3O2/c1-9(2)6-12(14(18)19-5)17-13-7-11(10(3)4)15-8-16-13/h7-10,12H,6H2,1-5H3,(H,15,16,17). The predicted octanol–water partition coefficient (Wildman–Crippen LogP) is 2.60. The van der Waals surface area contributed by atoms with Gasteiger partial charge in [0.1, 0.15) is 18.2 Å². The first kappa shape index (κ1) is 15.4. The number of carbonyl (C=O) groups excluding carboxylic acids is 1. The zero-order valence-corrected chi connectivity index (χ0v) is 12.3. The Hall–Kier alpha value is -1.65. The van der Waals surface area contributed by atoms with E-state index in [0.717, 1.165) is 5.69 Å². The Morgan fingerprint density at radius 2 is 2.00 bits per heavy atom. The SMILES string of the molecule is COC(=O)C(CC(C)C)Nc1cc(C(C)C)ncn1. The summed E-state index contributed by atoms with van der Waals surface area (Å²) >= 11 is 0. The van der Waals surface area contributed by atoms with Crippen LogP contribution in [-0.4, -0.2) is 29.1 Å². The van der Waals surface area contributed by atoms with E-state index >= 15 is 0 Å². The molecule has 0 saturated heterocycles. The molecule has 19 heavy (non-hydrogen) atoms. The number of carbonyl (C=O) groups is 1. The Kier molecular flexibility index (Phi) is 5.73. The zero-order valence-electron chi connectivity index (χ0n) is 12.3. The van der Waals surface area contributed by atoms with Gasteiger partial charge in [0.2, 0.25) is 0 Å². The lowest BCUT2D eigenvalue weighted by Crippen LogP contribution is -2.32. The molecule has 5 nitrogen and oxygen atoms in total. The van der Waals surface area contributed by atoms with Crippen LogP contribution in [0, 0.1) is 5.92 Å². The molecule has 106 valence electrons. The fraction of sp³-hybridized carbons (Fsp3) is 0.643. The van der Waals surface area contributed by atoms with Crippen molar-refractivity contribution in [3.63, 3.8) is 0 Å². The fourth-order valence-electron chi connectivity index (χ4n) is 1.77. The lowest BCUT2D eigenvalue weighted by atomic mass is 10.0. The molecule has 1 aromatic heterocycles. The van der Waals surface area contributed by atoms with Gasteiger partial charge in [-0.25, -0.2) is 14.8 Å². The summed E-state index contributed by atoms with van der Waals surface area (Å²) < 4.78 is 4.82. The van der Waals surface area contributed by atoms with E-state index < -0.39 is 0 Å². The number of methoxy groups -OCH3 is 1. The maximum absolute atomic E-state index is 11.7. The van der Waals surface area contributed by atoms with Gasteiger partial charge in [0.25, 0.3) is 0 Å². The molecule has 1 atom stereocenters. The molecule has 1 N–H and O–H groups in total. The summed E-state index contributed by atoms with van der Waals surface area (Å²) in [6.45, 7) is 8.27. The van der Waals surface area contributed by atoms with Crippen LogP contribution in [0.3, 0.4) is 0 Å². The molecule has 1 unspecified atom stereocenters. The van der Waals surface area contributed by atoms with Crippen molar-refractivity contribution in [1.29, 1.82) is 0 Å². The molecule has 1 aromatic rings. The summed E-state index contributed by atoms with van der Waals surface area (Å²) in [5, 5.41) is 3.13. The van der Waals surface area contributed by atoms with E-state index in [-0.39, 0.29) is 12.0 Å². The second-order valence-electron chi connectivity index (χ2n) is 5.33. The first-order valence-corrected chi connectivity index (χ1v) is 6.60. The first-order valence-electron chi connectivity index (χ1n) is 6.60. The minimum Gasteiger partial charge on any atom is -0.467 e. The Morgan fingerprint density at radius 1 is 1.32 bits per heavy atom. The van der Waals surface area contributed by atoms with Gasteiger partial charge in [-0.2, -0.15) is 0 Å². The summed E-state index contributed by atoms with van der Waals surface area (Å²) in [6, 6.07) is 1.50. The molecule has 0 aliphatic heterocycles. The van der Waals surface area contributed by atoms with E-state index in [1.54, 1.807) is 0 Å². The van der Waals surface area contributed by atoms with E-state index in [2.05, 4.69) is 43.0 Å². The van der Waals surface area contributed by atoms with Crippen molar-refractivity contribution in [3.05, 3.63) is 18.1 Å². The van der Waals surface area contributed by atoms with E-state index in [1.165, 1.54) is 13.4 Å². The highest BCUT2D eigenvalue weighted by Crippen LogP contribution is 2.16. The lowest BCUT2D eigenvalue weighted by Gasteiger charge is -2.19. The minimum absolute atomic E-state index is 0.265. The molecule has 0 spiro atoms. The van der Waals surface area contributed by atoms with Crippen LogP contribution >= 0.6 is 0 Å². The topological polar surface area (TPSA) is 64.1 Å². The van der Waals surface area contributed by atoms with Crippen molar-refractivity contribution in [2.75, 3.05) is 12.4 Å². The summed E-state index contributed by atoms with van der Waals surface area (Å²) in [4.78, 5) is 20.1. The zero-order chi connectivity index (χ0) is 14.4. The monoisotopic (exact) mass is 265 g/mol. The molecule has 0 bridgehead atoms. The van der Waals surface area contributed by atoms with Crippen molar-refractivity contribution in [2.24, 2.45) is 5.92 Å². The predicted molar refractivity (Wildman–Crippen MR) is 75.0 cm³/mol. The van der Waals surface area contributed by atoms with E-state index in [1.807, 2.05) is 6.07 Å². The van der Waals surface area contributed by atoms with Crippen LogP contribution in [0.4, 0.5) is 5.82 Å². The molecule has 1 rings (SSSR count). The highest BCUT2D eigenvalue weighted by molar-refractivity contribution is 5.78. The third-order valence-electron chi connectivity index (χ3n) is 2.79. The van der Waals surface area contributed by atoms with E-state index in [9.17, 15) is 4.79 Å². The van der Waals surface area contributed by atoms with Gasteiger partial charge < -0.3 is 10.1 Å². The van der Waals surface area contributed by atoms with Gasteiger partial charge in [0.15, 0.2) is 0 Å². The van der Waals surface area contributed by atoms with Crippen LogP contribution in [0.1, 0.15) is 45.7 Å². The number of hydrogen-bond acceptors (Lipinski definition) is 5. The summed E-state index contributed by atoms with van der Waals surface area (Å²) in [7, 11) is 1.40. The van der Waals surface area contributed by atoms with Crippen LogP contribution in [0.5, 0.6) is 0 Å². The average Bonchev–Trinajstić information content (AvgIpc) is 2.36. The second-order valence-corrected chi connectivity index (χ2v) is 5.33. The Labute approximate surface area is 114 Å². The van der Waals surface area contributed by atoms with Gasteiger partial charge >= 0.3 is 5.97 Å². The maximum atomic E-state index is 11.7. The van der Waals surface area contributed by atoms with Crippen LogP contribution in [-0.2, 0) is 9.53 Å². The maximum Gasteiger partial charge on any atom is 0.328 e. The molecule has 5 heteroatoms. The molecule has 0 fully saturated rings. The van der Waals surface area contributed by atoms with E-state index in [4.69, 9.17) is 4.74 Å². The van der Waals surface area contributed by atoms with Gasteiger partial charge in [-0.3, -0.25) is 0 Å². The number of esters is 1. The molecule has 0 saturated carbocycles. The largest absolute Gasteiger partial charge is 0.467 e. The number of aromatic nitrogens is 2. The molecule has 0 aliphatic rings. The Balaban J connectivity index is 2.83. The van der Waals surface area contributed by atoms with Crippen LogP contribution in [0.2, 0.25) is 0 Å². The quantitative estimate of drug-likeness (QED) is 0.801. The summed E-state index contributed by atoms with van der Waals surface area (Å²) in [5.41, 5.74) is 0.950. The normalized spacial score (nSPS) is 12.6. The van der Waals surface area contributed by atoms with Gasteiger partial charge in [-0.05, 0) is 18.3 Å². The summed E-state index contributed by atoms with van der Waals surface area (Å²) in [5.74, 6) is 1.11. The van der Waals surface area contributed by atoms with Crippen molar-refractivity contribution in [3.8, 4) is 0 Å².